The lowest BCUT2D eigenvalue weighted by molar-refractivity contribution is -0.385. The van der Waals surface area contributed by atoms with E-state index in [-0.39, 0.29) is 24.7 Å². The summed E-state index contributed by atoms with van der Waals surface area (Å²) in [5.41, 5.74) is 5.43. The SMILES string of the molecule is CCOC(=O)C(N)COc1cc(Br)cc([N+](=O)[O-])c1. The van der Waals surface area contributed by atoms with E-state index in [2.05, 4.69) is 15.9 Å². The van der Waals surface area contributed by atoms with Gasteiger partial charge in [-0.1, -0.05) is 15.9 Å². The van der Waals surface area contributed by atoms with Crippen molar-refractivity contribution in [3.63, 3.8) is 0 Å². The fourth-order valence-electron chi connectivity index (χ4n) is 1.24. The highest BCUT2D eigenvalue weighted by Gasteiger charge is 2.16. The van der Waals surface area contributed by atoms with E-state index in [1.165, 1.54) is 12.1 Å². The molecule has 8 heteroatoms. The van der Waals surface area contributed by atoms with Crippen LogP contribution in [0.3, 0.4) is 0 Å². The van der Waals surface area contributed by atoms with Crippen molar-refractivity contribution in [3.8, 4) is 5.75 Å². The fourth-order valence-corrected chi connectivity index (χ4v) is 1.70. The summed E-state index contributed by atoms with van der Waals surface area (Å²) < 4.78 is 10.5. The minimum Gasteiger partial charge on any atom is -0.491 e. The molecule has 1 atom stereocenters. The van der Waals surface area contributed by atoms with Crippen molar-refractivity contribution in [1.29, 1.82) is 0 Å². The van der Waals surface area contributed by atoms with Crippen molar-refractivity contribution in [2.24, 2.45) is 5.73 Å². The molecule has 1 aromatic rings. The molecular formula is C11H13BrN2O5. The molecule has 0 saturated carbocycles. The third-order valence-corrected chi connectivity index (χ3v) is 2.54. The number of hydrogen-bond donors (Lipinski definition) is 1. The smallest absolute Gasteiger partial charge is 0.326 e. The van der Waals surface area contributed by atoms with Gasteiger partial charge in [0.2, 0.25) is 0 Å². The van der Waals surface area contributed by atoms with Gasteiger partial charge in [0.1, 0.15) is 18.4 Å². The third-order valence-electron chi connectivity index (χ3n) is 2.09. The van der Waals surface area contributed by atoms with E-state index >= 15 is 0 Å². The van der Waals surface area contributed by atoms with E-state index in [1.54, 1.807) is 13.0 Å². The summed E-state index contributed by atoms with van der Waals surface area (Å²) in [4.78, 5) is 21.4. The molecule has 0 heterocycles. The van der Waals surface area contributed by atoms with Crippen molar-refractivity contribution >= 4 is 27.6 Å². The standard InChI is InChI=1S/C11H13BrN2O5/c1-2-18-11(15)10(13)6-19-9-4-7(12)3-8(5-9)14(16)17/h3-5,10H,2,6,13H2,1H3. The quantitative estimate of drug-likeness (QED) is 0.482. The first-order valence-corrected chi connectivity index (χ1v) is 6.23. The summed E-state index contributed by atoms with van der Waals surface area (Å²) >= 11 is 3.13. The Morgan fingerprint density at radius 2 is 2.21 bits per heavy atom. The highest BCUT2D eigenvalue weighted by Crippen LogP contribution is 2.26. The van der Waals surface area contributed by atoms with E-state index in [4.69, 9.17) is 15.2 Å². The van der Waals surface area contributed by atoms with Crippen LogP contribution in [0.5, 0.6) is 5.75 Å². The van der Waals surface area contributed by atoms with Crippen LogP contribution >= 0.6 is 15.9 Å². The van der Waals surface area contributed by atoms with Gasteiger partial charge in [-0.2, -0.15) is 0 Å². The number of nitrogens with zero attached hydrogens (tertiary/aromatic N) is 1. The summed E-state index contributed by atoms with van der Waals surface area (Å²) in [7, 11) is 0. The number of nitrogens with two attached hydrogens (primary N) is 1. The lowest BCUT2D eigenvalue weighted by Crippen LogP contribution is -2.37. The summed E-state index contributed by atoms with van der Waals surface area (Å²) in [6.45, 7) is 1.78. The summed E-state index contributed by atoms with van der Waals surface area (Å²) in [5, 5.41) is 10.7. The number of nitro groups is 1. The van der Waals surface area contributed by atoms with Crippen LogP contribution in [-0.2, 0) is 9.53 Å². The van der Waals surface area contributed by atoms with Crippen LogP contribution < -0.4 is 10.5 Å². The van der Waals surface area contributed by atoms with E-state index in [1.807, 2.05) is 0 Å². The molecule has 0 bridgehead atoms. The zero-order valence-corrected chi connectivity index (χ0v) is 11.8. The predicted molar refractivity (Wildman–Crippen MR) is 70.9 cm³/mol. The molecule has 19 heavy (non-hydrogen) atoms. The van der Waals surface area contributed by atoms with Crippen LogP contribution in [0.2, 0.25) is 0 Å². The number of carbonyl (C=O) groups excluding carboxylic acids is 1. The van der Waals surface area contributed by atoms with Crippen LogP contribution in [0, 0.1) is 10.1 Å². The molecule has 0 aliphatic carbocycles. The van der Waals surface area contributed by atoms with Gasteiger partial charge in [-0.15, -0.1) is 0 Å². The number of rotatable bonds is 6. The summed E-state index contributed by atoms with van der Waals surface area (Å²) in [6.07, 6.45) is 0. The topological polar surface area (TPSA) is 105 Å². The van der Waals surface area contributed by atoms with Crippen molar-refractivity contribution in [3.05, 3.63) is 32.8 Å². The molecular weight excluding hydrogens is 320 g/mol. The van der Waals surface area contributed by atoms with Crippen LogP contribution in [0.4, 0.5) is 5.69 Å². The molecule has 0 amide bonds. The molecule has 1 unspecified atom stereocenters. The second-order valence-electron chi connectivity index (χ2n) is 3.57. The minimum absolute atomic E-state index is 0.117. The minimum atomic E-state index is -0.932. The molecule has 0 aliphatic heterocycles. The molecule has 2 N–H and O–H groups in total. The molecule has 1 rings (SSSR count). The first-order chi connectivity index (χ1) is 8.93. The van der Waals surface area contributed by atoms with Gasteiger partial charge in [-0.05, 0) is 13.0 Å². The Labute approximate surface area is 118 Å². The summed E-state index contributed by atoms with van der Waals surface area (Å²) in [5.74, 6) is -0.326. The molecule has 104 valence electrons. The number of halogens is 1. The second kappa shape index (κ2) is 7.05. The molecule has 7 nitrogen and oxygen atoms in total. The normalized spacial score (nSPS) is 11.7. The monoisotopic (exact) mass is 332 g/mol. The second-order valence-corrected chi connectivity index (χ2v) is 4.49. The lowest BCUT2D eigenvalue weighted by Gasteiger charge is -2.12. The number of benzene rings is 1. The first kappa shape index (κ1) is 15.4. The van der Waals surface area contributed by atoms with E-state index in [9.17, 15) is 14.9 Å². The van der Waals surface area contributed by atoms with Gasteiger partial charge in [-0.3, -0.25) is 14.9 Å². The zero-order chi connectivity index (χ0) is 14.4. The molecule has 0 saturated heterocycles. The molecule has 0 aromatic heterocycles. The maximum Gasteiger partial charge on any atom is 0.326 e. The van der Waals surface area contributed by atoms with Gasteiger partial charge in [0.05, 0.1) is 17.6 Å². The Kier molecular flexibility index (Phi) is 5.71. The van der Waals surface area contributed by atoms with Gasteiger partial charge in [-0.25, -0.2) is 0 Å². The number of non-ortho nitro benzene ring substituents is 1. The highest BCUT2D eigenvalue weighted by atomic mass is 79.9. The van der Waals surface area contributed by atoms with Gasteiger partial charge in [0, 0.05) is 10.5 Å². The van der Waals surface area contributed by atoms with E-state index in [0.29, 0.717) is 4.47 Å². The van der Waals surface area contributed by atoms with E-state index in [0.717, 1.165) is 0 Å². The summed E-state index contributed by atoms with van der Waals surface area (Å²) in [6, 6.07) is 3.21. The Morgan fingerprint density at radius 3 is 2.79 bits per heavy atom. The largest absolute Gasteiger partial charge is 0.491 e. The van der Waals surface area contributed by atoms with E-state index < -0.39 is 16.9 Å². The van der Waals surface area contributed by atoms with Crippen molar-refractivity contribution in [1.82, 2.24) is 0 Å². The zero-order valence-electron chi connectivity index (χ0n) is 10.2. The number of hydrogen-bond acceptors (Lipinski definition) is 6. The fraction of sp³-hybridized carbons (Fsp3) is 0.364. The number of ether oxygens (including phenoxy) is 2. The van der Waals surface area contributed by atoms with Gasteiger partial charge in [0.15, 0.2) is 0 Å². The lowest BCUT2D eigenvalue weighted by atomic mass is 10.3. The molecule has 1 aromatic carbocycles. The molecule has 0 aliphatic rings. The molecule has 0 spiro atoms. The Bertz CT molecular complexity index is 480. The van der Waals surface area contributed by atoms with Gasteiger partial charge >= 0.3 is 5.97 Å². The Balaban J connectivity index is 2.67. The average molecular weight is 333 g/mol. The maximum atomic E-state index is 11.3. The van der Waals surface area contributed by atoms with Crippen molar-refractivity contribution in [2.75, 3.05) is 13.2 Å². The van der Waals surface area contributed by atoms with Gasteiger partial charge < -0.3 is 15.2 Å². The molecule has 0 radical (unpaired) electrons. The van der Waals surface area contributed by atoms with Crippen molar-refractivity contribution in [2.45, 2.75) is 13.0 Å². The number of esters is 1. The average Bonchev–Trinajstić information content (AvgIpc) is 2.35. The Hall–Kier alpha value is -1.67. The van der Waals surface area contributed by atoms with Crippen LogP contribution in [-0.4, -0.2) is 30.1 Å². The van der Waals surface area contributed by atoms with Crippen LogP contribution in [0.1, 0.15) is 6.92 Å². The van der Waals surface area contributed by atoms with Crippen molar-refractivity contribution < 1.29 is 19.2 Å². The maximum absolute atomic E-state index is 11.3. The van der Waals surface area contributed by atoms with Crippen LogP contribution in [0.15, 0.2) is 22.7 Å². The first-order valence-electron chi connectivity index (χ1n) is 5.44. The predicted octanol–water partition coefficient (Wildman–Crippen LogP) is 1.63. The van der Waals surface area contributed by atoms with Gasteiger partial charge in [0.25, 0.3) is 5.69 Å². The number of nitro benzene ring substituents is 1. The molecule has 0 fully saturated rings. The number of carbonyl (C=O) groups is 1. The highest BCUT2D eigenvalue weighted by molar-refractivity contribution is 9.10. The third kappa shape index (κ3) is 4.84. The Morgan fingerprint density at radius 1 is 1.53 bits per heavy atom. The van der Waals surface area contributed by atoms with Crippen LogP contribution in [0.25, 0.3) is 0 Å².